The van der Waals surface area contributed by atoms with Crippen LogP contribution >= 0.6 is 0 Å². The second kappa shape index (κ2) is 6.81. The van der Waals surface area contributed by atoms with E-state index in [1.165, 1.54) is 12.1 Å². The van der Waals surface area contributed by atoms with Crippen LogP contribution in [0.3, 0.4) is 0 Å². The largest absolute Gasteiger partial charge is 0.444 e. The summed E-state index contributed by atoms with van der Waals surface area (Å²) in [4.78, 5) is 22.0. The van der Waals surface area contributed by atoms with Gasteiger partial charge in [0.2, 0.25) is 0 Å². The van der Waals surface area contributed by atoms with Gasteiger partial charge in [0.1, 0.15) is 5.60 Å². The Balaban J connectivity index is 1.93. The third-order valence-corrected chi connectivity index (χ3v) is 3.58. The predicted molar refractivity (Wildman–Crippen MR) is 88.1 cm³/mol. The van der Waals surface area contributed by atoms with E-state index in [-0.39, 0.29) is 11.7 Å². The molecule has 124 valence electrons. The van der Waals surface area contributed by atoms with Crippen LogP contribution < -0.4 is 5.32 Å². The summed E-state index contributed by atoms with van der Waals surface area (Å²) in [7, 11) is 0. The number of benzene rings is 1. The second-order valence-corrected chi connectivity index (χ2v) is 6.65. The van der Waals surface area contributed by atoms with Gasteiger partial charge in [0.05, 0.1) is 4.92 Å². The number of non-ortho nitro benzene ring substituents is 1. The Morgan fingerprint density at radius 3 is 2.43 bits per heavy atom. The lowest BCUT2D eigenvalue weighted by molar-refractivity contribution is -0.384. The molecule has 0 saturated heterocycles. The molecule has 0 spiro atoms. The van der Waals surface area contributed by atoms with Crippen molar-refractivity contribution in [1.82, 2.24) is 5.32 Å². The smallest absolute Gasteiger partial charge is 0.407 e. The molecule has 1 aromatic rings. The number of amides is 1. The number of rotatable bonds is 3. The number of alkyl carbamates (subject to hydrolysis) is 1. The van der Waals surface area contributed by atoms with Gasteiger partial charge < -0.3 is 10.1 Å². The maximum absolute atomic E-state index is 11.8. The van der Waals surface area contributed by atoms with Gasteiger partial charge >= 0.3 is 6.09 Å². The number of nitro benzene ring substituents is 1. The Kier molecular flexibility index (Phi) is 5.03. The van der Waals surface area contributed by atoms with Gasteiger partial charge in [-0.2, -0.15) is 0 Å². The molecular weight excluding hydrogens is 296 g/mol. The van der Waals surface area contributed by atoms with Crippen LogP contribution in [0.5, 0.6) is 0 Å². The Labute approximate surface area is 135 Å². The van der Waals surface area contributed by atoms with Crippen molar-refractivity contribution in [2.75, 3.05) is 0 Å². The molecule has 0 heterocycles. The SMILES string of the molecule is CC(C)(C)OC(=O)NC1CC=C(c2ccc([N+](=O)[O-])cc2)CC1. The minimum Gasteiger partial charge on any atom is -0.444 e. The van der Waals surface area contributed by atoms with Gasteiger partial charge in [-0.15, -0.1) is 0 Å². The van der Waals surface area contributed by atoms with E-state index in [9.17, 15) is 14.9 Å². The highest BCUT2D eigenvalue weighted by Crippen LogP contribution is 2.28. The van der Waals surface area contributed by atoms with Crippen molar-refractivity contribution in [2.24, 2.45) is 0 Å². The summed E-state index contributed by atoms with van der Waals surface area (Å²) in [6.45, 7) is 5.50. The van der Waals surface area contributed by atoms with Gasteiger partial charge in [-0.05, 0) is 63.3 Å². The number of ether oxygens (including phenoxy) is 1. The van der Waals surface area contributed by atoms with E-state index < -0.39 is 16.6 Å². The zero-order chi connectivity index (χ0) is 17.0. The number of nitrogens with one attached hydrogen (secondary N) is 1. The van der Waals surface area contributed by atoms with E-state index in [0.29, 0.717) is 0 Å². The Bertz CT molecular complexity index is 614. The standard InChI is InChI=1S/C17H22N2O4/c1-17(2,3)23-16(20)18-14-8-4-12(5-9-14)13-6-10-15(11-7-13)19(21)22/h4,6-7,10-11,14H,5,8-9H2,1-3H3,(H,18,20). The van der Waals surface area contributed by atoms with Gasteiger partial charge in [-0.1, -0.05) is 6.08 Å². The quantitative estimate of drug-likeness (QED) is 0.673. The molecule has 0 aromatic heterocycles. The highest BCUT2D eigenvalue weighted by Gasteiger charge is 2.21. The van der Waals surface area contributed by atoms with Crippen molar-refractivity contribution in [3.05, 3.63) is 46.0 Å². The van der Waals surface area contributed by atoms with Crippen molar-refractivity contribution in [3.8, 4) is 0 Å². The molecule has 2 rings (SSSR count). The molecule has 0 saturated carbocycles. The molecule has 0 bridgehead atoms. The zero-order valence-corrected chi connectivity index (χ0v) is 13.7. The topological polar surface area (TPSA) is 81.5 Å². The second-order valence-electron chi connectivity index (χ2n) is 6.65. The van der Waals surface area contributed by atoms with Crippen LogP contribution in [0.4, 0.5) is 10.5 Å². The Hall–Kier alpha value is -2.37. The van der Waals surface area contributed by atoms with Crippen LogP contribution in [0, 0.1) is 10.1 Å². The molecule has 1 amide bonds. The van der Waals surface area contributed by atoms with E-state index in [4.69, 9.17) is 4.74 Å². The average molecular weight is 318 g/mol. The lowest BCUT2D eigenvalue weighted by Gasteiger charge is -2.26. The van der Waals surface area contributed by atoms with Crippen molar-refractivity contribution in [3.63, 3.8) is 0 Å². The third kappa shape index (κ3) is 5.09. The number of hydrogen-bond acceptors (Lipinski definition) is 4. The lowest BCUT2D eigenvalue weighted by Crippen LogP contribution is -2.39. The molecule has 0 fully saturated rings. The molecule has 23 heavy (non-hydrogen) atoms. The molecule has 1 aliphatic carbocycles. The first kappa shape index (κ1) is 17.0. The van der Waals surface area contributed by atoms with E-state index >= 15 is 0 Å². The van der Waals surface area contributed by atoms with Gasteiger partial charge in [0.25, 0.3) is 5.69 Å². The number of nitrogens with zero attached hydrogens (tertiary/aromatic N) is 1. The highest BCUT2D eigenvalue weighted by atomic mass is 16.6. The van der Waals surface area contributed by atoms with Gasteiger partial charge in [0.15, 0.2) is 0 Å². The fourth-order valence-corrected chi connectivity index (χ4v) is 2.50. The molecule has 6 nitrogen and oxygen atoms in total. The molecule has 1 atom stereocenters. The Morgan fingerprint density at radius 1 is 1.30 bits per heavy atom. The van der Waals surface area contributed by atoms with Gasteiger partial charge in [-0.25, -0.2) is 4.79 Å². The minimum absolute atomic E-state index is 0.0617. The molecule has 1 N–H and O–H groups in total. The van der Waals surface area contributed by atoms with E-state index in [0.717, 1.165) is 30.4 Å². The van der Waals surface area contributed by atoms with Gasteiger partial charge in [-0.3, -0.25) is 10.1 Å². The highest BCUT2D eigenvalue weighted by molar-refractivity contribution is 5.70. The number of carbonyl (C=O) groups is 1. The maximum Gasteiger partial charge on any atom is 0.407 e. The molecule has 1 aromatic carbocycles. The molecule has 0 radical (unpaired) electrons. The third-order valence-electron chi connectivity index (χ3n) is 3.58. The molecule has 1 aliphatic rings. The molecule has 6 heteroatoms. The van der Waals surface area contributed by atoms with Crippen molar-refractivity contribution in [1.29, 1.82) is 0 Å². The van der Waals surface area contributed by atoms with Crippen LogP contribution in [0.2, 0.25) is 0 Å². The van der Waals surface area contributed by atoms with Crippen molar-refractivity contribution < 1.29 is 14.5 Å². The zero-order valence-electron chi connectivity index (χ0n) is 13.7. The lowest BCUT2D eigenvalue weighted by atomic mass is 9.91. The van der Waals surface area contributed by atoms with Crippen LogP contribution in [0.25, 0.3) is 5.57 Å². The first-order valence-electron chi connectivity index (χ1n) is 7.68. The first-order valence-corrected chi connectivity index (χ1v) is 7.68. The fourth-order valence-electron chi connectivity index (χ4n) is 2.50. The Morgan fingerprint density at radius 2 is 1.96 bits per heavy atom. The number of allylic oxidation sites excluding steroid dienone is 1. The van der Waals surface area contributed by atoms with Crippen LogP contribution in [-0.4, -0.2) is 22.7 Å². The van der Waals surface area contributed by atoms with E-state index in [1.54, 1.807) is 12.1 Å². The first-order chi connectivity index (χ1) is 10.7. The van der Waals surface area contributed by atoms with Gasteiger partial charge in [0, 0.05) is 18.2 Å². The minimum atomic E-state index is -0.501. The number of hydrogen-bond donors (Lipinski definition) is 1. The predicted octanol–water partition coefficient (Wildman–Crippen LogP) is 4.06. The van der Waals surface area contributed by atoms with Crippen LogP contribution in [0.1, 0.15) is 45.6 Å². The van der Waals surface area contributed by atoms with Crippen molar-refractivity contribution >= 4 is 17.4 Å². The number of carbonyl (C=O) groups excluding carboxylic acids is 1. The summed E-state index contributed by atoms with van der Waals surface area (Å²) in [5.74, 6) is 0. The summed E-state index contributed by atoms with van der Waals surface area (Å²) in [6.07, 6.45) is 4.05. The molecule has 1 unspecified atom stereocenters. The number of nitro groups is 1. The van der Waals surface area contributed by atoms with Crippen molar-refractivity contribution in [2.45, 2.75) is 51.7 Å². The average Bonchev–Trinajstić information content (AvgIpc) is 2.46. The fraction of sp³-hybridized carbons (Fsp3) is 0.471. The normalized spacial score (nSPS) is 18.0. The summed E-state index contributed by atoms with van der Waals surface area (Å²) in [5, 5.41) is 13.5. The maximum atomic E-state index is 11.8. The summed E-state index contributed by atoms with van der Waals surface area (Å²) in [5.41, 5.74) is 1.74. The van der Waals surface area contributed by atoms with E-state index in [1.807, 2.05) is 20.8 Å². The van der Waals surface area contributed by atoms with Crippen LogP contribution in [-0.2, 0) is 4.74 Å². The molecule has 0 aliphatic heterocycles. The molecular formula is C17H22N2O4. The van der Waals surface area contributed by atoms with E-state index in [2.05, 4.69) is 11.4 Å². The van der Waals surface area contributed by atoms with Crippen LogP contribution in [0.15, 0.2) is 30.3 Å². The summed E-state index contributed by atoms with van der Waals surface area (Å²) in [6, 6.07) is 6.63. The summed E-state index contributed by atoms with van der Waals surface area (Å²) >= 11 is 0. The summed E-state index contributed by atoms with van der Waals surface area (Å²) < 4.78 is 5.25. The monoisotopic (exact) mass is 318 g/mol.